The van der Waals surface area contributed by atoms with Crippen molar-refractivity contribution in [3.63, 3.8) is 0 Å². The molecule has 3 aromatic rings. The van der Waals surface area contributed by atoms with Crippen molar-refractivity contribution in [3.8, 4) is 5.82 Å². The smallest absolute Gasteiger partial charge is 0.136 e. The molecule has 3 rings (SSSR count). The van der Waals surface area contributed by atoms with Gasteiger partial charge < -0.3 is 4.57 Å². The van der Waals surface area contributed by atoms with Gasteiger partial charge in [0, 0.05) is 29.9 Å². The summed E-state index contributed by atoms with van der Waals surface area (Å²) >= 11 is 0. The zero-order chi connectivity index (χ0) is 14.8. The van der Waals surface area contributed by atoms with E-state index in [1.807, 2.05) is 36.7 Å². The third kappa shape index (κ3) is 2.44. The number of pyridine rings is 2. The molecule has 0 saturated heterocycles. The third-order valence-electron chi connectivity index (χ3n) is 4.43. The highest BCUT2D eigenvalue weighted by atomic mass is 15.1. The van der Waals surface area contributed by atoms with Gasteiger partial charge in [-0.15, -0.1) is 0 Å². The standard InChI is InChI=1S/C18H21N3/c1-4-13(2)14(3)18-17-15(8-7-11-20-17)12-21(18)16-9-5-6-10-19-16/h5-14H,4H2,1-3H3. The lowest BCUT2D eigenvalue weighted by Crippen LogP contribution is -2.11. The number of aromatic nitrogens is 3. The Bertz CT molecular complexity index is 731. The molecule has 21 heavy (non-hydrogen) atoms. The Morgan fingerprint density at radius 3 is 2.57 bits per heavy atom. The molecule has 2 atom stereocenters. The maximum atomic E-state index is 4.62. The minimum absolute atomic E-state index is 0.435. The van der Waals surface area contributed by atoms with Crippen molar-refractivity contribution in [2.24, 2.45) is 5.92 Å². The van der Waals surface area contributed by atoms with E-state index in [1.54, 1.807) is 0 Å². The average Bonchev–Trinajstić information content (AvgIpc) is 2.93. The molecule has 0 N–H and O–H groups in total. The lowest BCUT2D eigenvalue weighted by atomic mass is 9.90. The summed E-state index contributed by atoms with van der Waals surface area (Å²) in [5.74, 6) is 2.00. The number of hydrogen-bond donors (Lipinski definition) is 0. The topological polar surface area (TPSA) is 30.7 Å². The molecule has 0 aliphatic heterocycles. The van der Waals surface area contributed by atoms with Gasteiger partial charge in [0.2, 0.25) is 0 Å². The molecule has 0 aliphatic carbocycles. The van der Waals surface area contributed by atoms with E-state index in [4.69, 9.17) is 0 Å². The fourth-order valence-corrected chi connectivity index (χ4v) is 2.80. The van der Waals surface area contributed by atoms with Gasteiger partial charge in [0.15, 0.2) is 0 Å². The molecular formula is C18H21N3. The summed E-state index contributed by atoms with van der Waals surface area (Å²) in [5.41, 5.74) is 2.36. The lowest BCUT2D eigenvalue weighted by Gasteiger charge is -2.20. The van der Waals surface area contributed by atoms with Crippen LogP contribution in [0.2, 0.25) is 0 Å². The summed E-state index contributed by atoms with van der Waals surface area (Å²) in [4.78, 5) is 9.12. The molecule has 3 heteroatoms. The predicted octanol–water partition coefficient (Wildman–Crippen LogP) is 4.57. The Balaban J connectivity index is 2.24. The third-order valence-corrected chi connectivity index (χ3v) is 4.43. The Morgan fingerprint density at radius 1 is 1.05 bits per heavy atom. The minimum atomic E-state index is 0.435. The first-order valence-electron chi connectivity index (χ1n) is 7.59. The fourth-order valence-electron chi connectivity index (χ4n) is 2.80. The summed E-state index contributed by atoms with van der Waals surface area (Å²) in [6.45, 7) is 6.83. The van der Waals surface area contributed by atoms with E-state index in [0.717, 1.165) is 17.8 Å². The van der Waals surface area contributed by atoms with Crippen LogP contribution in [-0.4, -0.2) is 14.5 Å². The molecule has 0 spiro atoms. The van der Waals surface area contributed by atoms with Crippen LogP contribution in [0.4, 0.5) is 0 Å². The molecule has 3 heterocycles. The molecule has 108 valence electrons. The van der Waals surface area contributed by atoms with Gasteiger partial charge in [-0.25, -0.2) is 4.98 Å². The first-order chi connectivity index (χ1) is 10.2. The highest BCUT2D eigenvalue weighted by Gasteiger charge is 2.21. The minimum Gasteiger partial charge on any atom is -0.302 e. The first kappa shape index (κ1) is 13.8. The van der Waals surface area contributed by atoms with Gasteiger partial charge in [-0.1, -0.05) is 33.3 Å². The SMILES string of the molecule is CCC(C)C(C)c1c2ncccc2cn1-c1ccccn1. The van der Waals surface area contributed by atoms with E-state index in [2.05, 4.69) is 47.6 Å². The van der Waals surface area contributed by atoms with Crippen LogP contribution >= 0.6 is 0 Å². The predicted molar refractivity (Wildman–Crippen MR) is 86.7 cm³/mol. The number of nitrogens with zero attached hydrogens (tertiary/aromatic N) is 3. The molecule has 0 amide bonds. The van der Waals surface area contributed by atoms with Crippen LogP contribution in [0.15, 0.2) is 48.9 Å². The van der Waals surface area contributed by atoms with Crippen LogP contribution in [0.25, 0.3) is 16.7 Å². The van der Waals surface area contributed by atoms with Crippen LogP contribution in [0.3, 0.4) is 0 Å². The molecule has 0 saturated carbocycles. The number of hydrogen-bond acceptors (Lipinski definition) is 2. The fraction of sp³-hybridized carbons (Fsp3) is 0.333. The molecule has 0 radical (unpaired) electrons. The highest BCUT2D eigenvalue weighted by Crippen LogP contribution is 2.33. The van der Waals surface area contributed by atoms with E-state index in [9.17, 15) is 0 Å². The lowest BCUT2D eigenvalue weighted by molar-refractivity contribution is 0.462. The molecule has 0 aliphatic rings. The first-order valence-corrected chi connectivity index (χ1v) is 7.59. The summed E-state index contributed by atoms with van der Waals surface area (Å²) in [7, 11) is 0. The Kier molecular flexibility index (Phi) is 3.74. The average molecular weight is 279 g/mol. The maximum absolute atomic E-state index is 4.62. The molecule has 2 unspecified atom stereocenters. The van der Waals surface area contributed by atoms with Crippen LogP contribution in [0.1, 0.15) is 38.8 Å². The van der Waals surface area contributed by atoms with Crippen molar-refractivity contribution in [1.82, 2.24) is 14.5 Å². The largest absolute Gasteiger partial charge is 0.302 e. The molecule has 3 aromatic heterocycles. The van der Waals surface area contributed by atoms with Gasteiger partial charge in [-0.3, -0.25) is 4.98 Å². The summed E-state index contributed by atoms with van der Waals surface area (Å²) < 4.78 is 2.20. The van der Waals surface area contributed by atoms with E-state index < -0.39 is 0 Å². The van der Waals surface area contributed by atoms with Crippen LogP contribution in [-0.2, 0) is 0 Å². The second-order valence-electron chi connectivity index (χ2n) is 5.69. The molecule has 3 nitrogen and oxygen atoms in total. The molecule has 0 fully saturated rings. The van der Waals surface area contributed by atoms with Crippen molar-refractivity contribution >= 4 is 10.9 Å². The van der Waals surface area contributed by atoms with Gasteiger partial charge in [0.1, 0.15) is 5.82 Å². The van der Waals surface area contributed by atoms with Gasteiger partial charge in [-0.2, -0.15) is 0 Å². The maximum Gasteiger partial charge on any atom is 0.136 e. The summed E-state index contributed by atoms with van der Waals surface area (Å²) in [5, 5.41) is 1.17. The summed E-state index contributed by atoms with van der Waals surface area (Å²) in [6, 6.07) is 10.1. The second-order valence-corrected chi connectivity index (χ2v) is 5.69. The monoisotopic (exact) mass is 279 g/mol. The normalized spacial score (nSPS) is 14.2. The van der Waals surface area contributed by atoms with E-state index in [1.165, 1.54) is 11.1 Å². The summed E-state index contributed by atoms with van der Waals surface area (Å²) in [6.07, 6.45) is 7.02. The van der Waals surface area contributed by atoms with Crippen LogP contribution < -0.4 is 0 Å². The van der Waals surface area contributed by atoms with Gasteiger partial charge in [0.05, 0.1) is 11.2 Å². The molecular weight excluding hydrogens is 258 g/mol. The number of fused-ring (bicyclic) bond motifs is 1. The van der Waals surface area contributed by atoms with Crippen molar-refractivity contribution in [1.29, 1.82) is 0 Å². The van der Waals surface area contributed by atoms with Crippen molar-refractivity contribution in [3.05, 3.63) is 54.6 Å². The zero-order valence-corrected chi connectivity index (χ0v) is 12.8. The van der Waals surface area contributed by atoms with Crippen LogP contribution in [0.5, 0.6) is 0 Å². The van der Waals surface area contributed by atoms with E-state index in [-0.39, 0.29) is 0 Å². The Hall–Kier alpha value is -2.16. The quantitative estimate of drug-likeness (QED) is 0.700. The van der Waals surface area contributed by atoms with E-state index in [0.29, 0.717) is 11.8 Å². The van der Waals surface area contributed by atoms with Gasteiger partial charge in [0.25, 0.3) is 0 Å². The Morgan fingerprint density at radius 2 is 1.86 bits per heavy atom. The molecule has 0 aromatic carbocycles. The number of rotatable bonds is 4. The molecule has 0 bridgehead atoms. The zero-order valence-electron chi connectivity index (χ0n) is 12.8. The highest BCUT2D eigenvalue weighted by molar-refractivity contribution is 5.82. The van der Waals surface area contributed by atoms with Crippen molar-refractivity contribution < 1.29 is 0 Å². The van der Waals surface area contributed by atoms with Crippen molar-refractivity contribution in [2.75, 3.05) is 0 Å². The van der Waals surface area contributed by atoms with Gasteiger partial charge >= 0.3 is 0 Å². The Labute approximate surface area is 125 Å². The van der Waals surface area contributed by atoms with Gasteiger partial charge in [-0.05, 0) is 30.2 Å². The van der Waals surface area contributed by atoms with Crippen molar-refractivity contribution in [2.45, 2.75) is 33.1 Å². The second kappa shape index (κ2) is 5.68. The van der Waals surface area contributed by atoms with E-state index >= 15 is 0 Å². The van der Waals surface area contributed by atoms with Crippen LogP contribution in [0, 0.1) is 5.92 Å².